The molecule has 0 aliphatic heterocycles. The summed E-state index contributed by atoms with van der Waals surface area (Å²) in [5, 5.41) is 14.9. The molecule has 0 saturated carbocycles. The van der Waals surface area contributed by atoms with Crippen LogP contribution in [0.15, 0.2) is 59.7 Å². The Labute approximate surface area is 137 Å². The average molecular weight is 330 g/mol. The highest BCUT2D eigenvalue weighted by Crippen LogP contribution is 2.18. The molecule has 6 nitrogen and oxygen atoms in total. The summed E-state index contributed by atoms with van der Waals surface area (Å²) in [6, 6.07) is 12.9. The predicted octanol–water partition coefficient (Wildman–Crippen LogP) is 3.68. The summed E-state index contributed by atoms with van der Waals surface area (Å²) < 4.78 is 0. The van der Waals surface area contributed by atoms with Crippen molar-refractivity contribution in [1.29, 1.82) is 0 Å². The molecule has 0 atom stereocenters. The maximum atomic E-state index is 11.8. The third-order valence-electron chi connectivity index (χ3n) is 2.85. The molecule has 0 unspecified atom stereocenters. The highest BCUT2D eigenvalue weighted by molar-refractivity contribution is 6.33. The Bertz CT molecular complexity index is 788. The largest absolute Gasteiger partial charge is 0.276 e. The van der Waals surface area contributed by atoms with E-state index < -0.39 is 10.8 Å². The Morgan fingerprint density at radius 3 is 2.61 bits per heavy atom. The van der Waals surface area contributed by atoms with Crippen molar-refractivity contribution in [2.45, 2.75) is 0 Å². The van der Waals surface area contributed by atoms with Gasteiger partial charge in [0.2, 0.25) is 0 Å². The van der Waals surface area contributed by atoms with E-state index in [0.29, 0.717) is 16.1 Å². The van der Waals surface area contributed by atoms with Gasteiger partial charge in [-0.05, 0) is 30.4 Å². The van der Waals surface area contributed by atoms with Crippen molar-refractivity contribution in [3.8, 4) is 0 Å². The van der Waals surface area contributed by atoms with Crippen molar-refractivity contribution >= 4 is 35.5 Å². The van der Waals surface area contributed by atoms with Gasteiger partial charge < -0.3 is 0 Å². The van der Waals surface area contributed by atoms with Gasteiger partial charge in [-0.25, -0.2) is 5.43 Å². The molecule has 0 radical (unpaired) electrons. The van der Waals surface area contributed by atoms with Crippen molar-refractivity contribution in [3.05, 3.63) is 80.9 Å². The molecule has 0 heterocycles. The molecule has 23 heavy (non-hydrogen) atoms. The van der Waals surface area contributed by atoms with Gasteiger partial charge in [0.25, 0.3) is 11.6 Å². The minimum absolute atomic E-state index is 0.00254. The summed E-state index contributed by atoms with van der Waals surface area (Å²) in [7, 11) is 0. The molecule has 7 heteroatoms. The van der Waals surface area contributed by atoms with Crippen LogP contribution in [0.4, 0.5) is 5.69 Å². The first-order valence-electron chi connectivity index (χ1n) is 6.57. The van der Waals surface area contributed by atoms with Crippen LogP contribution in [0.2, 0.25) is 5.02 Å². The number of benzene rings is 2. The lowest BCUT2D eigenvalue weighted by molar-refractivity contribution is -0.385. The molecular formula is C16H12ClN3O3. The number of allylic oxidation sites excluding steroid dienone is 1. The van der Waals surface area contributed by atoms with Gasteiger partial charge in [-0.2, -0.15) is 5.10 Å². The van der Waals surface area contributed by atoms with Gasteiger partial charge in [0, 0.05) is 12.3 Å². The summed E-state index contributed by atoms with van der Waals surface area (Å²) in [5.41, 5.74) is 3.08. The summed E-state index contributed by atoms with van der Waals surface area (Å²) in [4.78, 5) is 22.2. The molecule has 2 rings (SSSR count). The first-order chi connectivity index (χ1) is 11.1. The van der Waals surface area contributed by atoms with Gasteiger partial charge in [0.05, 0.1) is 21.1 Å². The summed E-state index contributed by atoms with van der Waals surface area (Å²) in [5.74, 6) is -0.439. The normalized spacial score (nSPS) is 11.0. The average Bonchev–Trinajstić information content (AvgIpc) is 2.55. The number of rotatable bonds is 5. The Morgan fingerprint density at radius 2 is 1.87 bits per heavy atom. The van der Waals surface area contributed by atoms with Crippen LogP contribution in [-0.2, 0) is 0 Å². The summed E-state index contributed by atoms with van der Waals surface area (Å²) >= 11 is 5.90. The van der Waals surface area contributed by atoms with Gasteiger partial charge in [0.15, 0.2) is 0 Å². The van der Waals surface area contributed by atoms with Crippen LogP contribution in [0.1, 0.15) is 15.9 Å². The van der Waals surface area contributed by atoms with Crippen molar-refractivity contribution < 1.29 is 9.72 Å². The fraction of sp³-hybridized carbons (Fsp3) is 0. The first kappa shape index (κ1) is 16.4. The molecule has 0 fully saturated rings. The SMILES string of the molecule is O=C(N/N=C\C=C\c1ccccc1[N+](=O)[O-])c1ccccc1Cl. The zero-order valence-corrected chi connectivity index (χ0v) is 12.6. The lowest BCUT2D eigenvalue weighted by Crippen LogP contribution is -2.17. The van der Waals surface area contributed by atoms with E-state index >= 15 is 0 Å². The van der Waals surface area contributed by atoms with E-state index in [0.717, 1.165) is 0 Å². The predicted molar refractivity (Wildman–Crippen MR) is 89.5 cm³/mol. The minimum atomic E-state index is -0.462. The van der Waals surface area contributed by atoms with Crippen molar-refractivity contribution in [2.75, 3.05) is 0 Å². The van der Waals surface area contributed by atoms with Crippen LogP contribution in [-0.4, -0.2) is 17.0 Å². The second-order valence-electron chi connectivity index (χ2n) is 4.37. The number of halogens is 1. The molecule has 116 valence electrons. The van der Waals surface area contributed by atoms with Crippen molar-refractivity contribution in [2.24, 2.45) is 5.10 Å². The number of nitrogens with zero attached hydrogens (tertiary/aromatic N) is 2. The Morgan fingerprint density at radius 1 is 1.17 bits per heavy atom. The van der Waals surface area contributed by atoms with Crippen LogP contribution < -0.4 is 5.43 Å². The number of nitrogens with one attached hydrogen (secondary N) is 1. The summed E-state index contributed by atoms with van der Waals surface area (Å²) in [6.45, 7) is 0. The lowest BCUT2D eigenvalue weighted by Gasteiger charge is -2.00. The highest BCUT2D eigenvalue weighted by Gasteiger charge is 2.09. The van der Waals surface area contributed by atoms with Crippen LogP contribution in [0.3, 0.4) is 0 Å². The van der Waals surface area contributed by atoms with Crippen LogP contribution in [0.5, 0.6) is 0 Å². The standard InChI is InChI=1S/C16H12ClN3O3/c17-14-9-3-2-8-13(14)16(21)19-18-11-5-7-12-6-1-4-10-15(12)20(22)23/h1-11H,(H,19,21)/b7-5+,18-11-. The van der Waals surface area contributed by atoms with E-state index in [2.05, 4.69) is 10.5 Å². The topological polar surface area (TPSA) is 84.6 Å². The molecule has 0 aliphatic carbocycles. The molecule has 0 saturated heterocycles. The third-order valence-corrected chi connectivity index (χ3v) is 3.18. The molecule has 0 aliphatic rings. The quantitative estimate of drug-likeness (QED) is 0.516. The van der Waals surface area contributed by atoms with Gasteiger partial charge in [0.1, 0.15) is 0 Å². The van der Waals surface area contributed by atoms with E-state index in [9.17, 15) is 14.9 Å². The van der Waals surface area contributed by atoms with Crippen molar-refractivity contribution in [3.63, 3.8) is 0 Å². The molecule has 0 aromatic heterocycles. The monoisotopic (exact) mass is 329 g/mol. The summed E-state index contributed by atoms with van der Waals surface area (Å²) in [6.07, 6.45) is 4.35. The van der Waals surface area contributed by atoms with E-state index in [4.69, 9.17) is 11.6 Å². The number of carbonyl (C=O) groups excluding carboxylic acids is 1. The maximum Gasteiger partial charge on any atom is 0.276 e. The van der Waals surface area contributed by atoms with Crippen LogP contribution in [0, 0.1) is 10.1 Å². The molecule has 0 spiro atoms. The Kier molecular flexibility index (Phi) is 5.60. The highest BCUT2D eigenvalue weighted by atomic mass is 35.5. The smallest absolute Gasteiger partial charge is 0.267 e. The van der Waals surface area contributed by atoms with E-state index in [-0.39, 0.29) is 5.69 Å². The van der Waals surface area contributed by atoms with Crippen LogP contribution >= 0.6 is 11.6 Å². The third kappa shape index (κ3) is 4.49. The van der Waals surface area contributed by atoms with E-state index in [1.165, 1.54) is 24.4 Å². The number of para-hydroxylation sites is 1. The Balaban J connectivity index is 1.99. The molecule has 0 bridgehead atoms. The van der Waals surface area contributed by atoms with Gasteiger partial charge in [-0.15, -0.1) is 0 Å². The van der Waals surface area contributed by atoms with Crippen molar-refractivity contribution in [1.82, 2.24) is 5.43 Å². The number of nitro benzene ring substituents is 1. The number of hydrogen-bond donors (Lipinski definition) is 1. The molecule has 1 N–H and O–H groups in total. The zero-order valence-electron chi connectivity index (χ0n) is 11.8. The fourth-order valence-corrected chi connectivity index (χ4v) is 2.01. The van der Waals surface area contributed by atoms with Gasteiger partial charge in [-0.1, -0.05) is 35.9 Å². The first-order valence-corrected chi connectivity index (χ1v) is 6.95. The maximum absolute atomic E-state index is 11.8. The van der Waals surface area contributed by atoms with E-state index in [1.807, 2.05) is 0 Å². The number of hydrazone groups is 1. The Hall–Kier alpha value is -2.99. The molecule has 1 amide bonds. The molecule has 2 aromatic rings. The van der Waals surface area contributed by atoms with Gasteiger partial charge in [-0.3, -0.25) is 14.9 Å². The number of amides is 1. The second-order valence-corrected chi connectivity index (χ2v) is 4.78. The minimum Gasteiger partial charge on any atom is -0.267 e. The van der Waals surface area contributed by atoms with Gasteiger partial charge >= 0.3 is 0 Å². The molecule has 2 aromatic carbocycles. The van der Waals surface area contributed by atoms with E-state index in [1.54, 1.807) is 42.5 Å². The lowest BCUT2D eigenvalue weighted by atomic mass is 10.2. The number of carbonyl (C=O) groups is 1. The fourth-order valence-electron chi connectivity index (χ4n) is 1.79. The zero-order chi connectivity index (χ0) is 16.7. The number of nitro groups is 1. The van der Waals surface area contributed by atoms with Crippen LogP contribution in [0.25, 0.3) is 6.08 Å². The molecular weight excluding hydrogens is 318 g/mol. The number of hydrogen-bond acceptors (Lipinski definition) is 4. The second kappa shape index (κ2) is 7.86.